The number of carbonyl (C=O) groups excluding carboxylic acids is 1. The first-order valence-electron chi connectivity index (χ1n) is 6.63. The highest BCUT2D eigenvalue weighted by atomic mass is 19.3. The summed E-state index contributed by atoms with van der Waals surface area (Å²) in [5, 5.41) is 0. The van der Waals surface area contributed by atoms with Crippen molar-refractivity contribution in [3.05, 3.63) is 53.6 Å². The fourth-order valence-corrected chi connectivity index (χ4v) is 1.91. The quantitative estimate of drug-likeness (QED) is 0.830. The molecule has 0 spiro atoms. The molecule has 1 aromatic rings. The summed E-state index contributed by atoms with van der Waals surface area (Å²) >= 11 is 0. The highest BCUT2D eigenvalue weighted by molar-refractivity contribution is 6.44. The maximum absolute atomic E-state index is 13.0. The van der Waals surface area contributed by atoms with Crippen LogP contribution >= 0.6 is 0 Å². The summed E-state index contributed by atoms with van der Waals surface area (Å²) in [5.41, 5.74) is 0.943. The average Bonchev–Trinajstić information content (AvgIpc) is 2.68. The van der Waals surface area contributed by atoms with Crippen LogP contribution in [0, 0.1) is 5.82 Å². The highest BCUT2D eigenvalue weighted by Gasteiger charge is 2.16. The Kier molecular flexibility index (Phi) is 5.14. The summed E-state index contributed by atoms with van der Waals surface area (Å²) in [6.07, 6.45) is 0.743. The topological polar surface area (TPSA) is 38.7 Å². The van der Waals surface area contributed by atoms with Crippen molar-refractivity contribution in [2.45, 2.75) is 19.8 Å². The minimum atomic E-state index is -2.62. The van der Waals surface area contributed by atoms with E-state index < -0.39 is 18.8 Å². The number of benzene rings is 1. The minimum Gasteiger partial charge on any atom is -0.489 e. The largest absolute Gasteiger partial charge is 0.489 e. The second kappa shape index (κ2) is 7.06. The number of ketones is 1. The molecule has 0 N–H and O–H groups in total. The molecule has 1 aliphatic heterocycles. The minimum absolute atomic E-state index is 0.190. The van der Waals surface area contributed by atoms with Crippen LogP contribution in [0.1, 0.15) is 18.9 Å². The van der Waals surface area contributed by atoms with Crippen LogP contribution in [-0.2, 0) is 9.53 Å². The molecule has 0 fully saturated rings. The van der Waals surface area contributed by atoms with Crippen molar-refractivity contribution in [2.75, 3.05) is 6.61 Å². The lowest BCUT2D eigenvalue weighted by Crippen LogP contribution is -2.07. The van der Waals surface area contributed by atoms with Gasteiger partial charge in [-0.3, -0.25) is 4.79 Å². The zero-order valence-corrected chi connectivity index (χ0v) is 11.9. The first kappa shape index (κ1) is 16.0. The molecule has 0 bridgehead atoms. The molecular weight excluding hydrogens is 295 g/mol. The zero-order valence-electron chi connectivity index (χ0n) is 11.9. The molecule has 22 heavy (non-hydrogen) atoms. The number of ether oxygens (including phenoxy) is 1. The summed E-state index contributed by atoms with van der Waals surface area (Å²) in [7, 11) is 0. The summed E-state index contributed by atoms with van der Waals surface area (Å²) in [6.45, 7) is 0.593. The van der Waals surface area contributed by atoms with Gasteiger partial charge in [0.05, 0.1) is 0 Å². The third kappa shape index (κ3) is 4.07. The van der Waals surface area contributed by atoms with Crippen LogP contribution in [-0.4, -0.2) is 24.5 Å². The van der Waals surface area contributed by atoms with Crippen LogP contribution in [0.3, 0.4) is 0 Å². The summed E-state index contributed by atoms with van der Waals surface area (Å²) in [6, 6.07) is 5.38. The molecule has 116 valence electrons. The molecule has 1 aliphatic rings. The monoisotopic (exact) mass is 309 g/mol. The smallest absolute Gasteiger partial charge is 0.272 e. The maximum Gasteiger partial charge on any atom is 0.272 e. The van der Waals surface area contributed by atoms with Crippen molar-refractivity contribution >= 4 is 17.2 Å². The molecule has 0 unspecified atom stereocenters. The molecule has 0 saturated heterocycles. The lowest BCUT2D eigenvalue weighted by molar-refractivity contribution is -0.111. The van der Waals surface area contributed by atoms with Gasteiger partial charge in [-0.05, 0) is 30.3 Å². The van der Waals surface area contributed by atoms with Crippen LogP contribution in [0.15, 0.2) is 47.2 Å². The van der Waals surface area contributed by atoms with Gasteiger partial charge in [-0.15, -0.1) is 0 Å². The summed E-state index contributed by atoms with van der Waals surface area (Å²) in [5.74, 6) is -0.465. The van der Waals surface area contributed by atoms with Gasteiger partial charge in [0.25, 0.3) is 6.43 Å². The third-order valence-electron chi connectivity index (χ3n) is 2.94. The Balaban J connectivity index is 2.46. The highest BCUT2D eigenvalue weighted by Crippen LogP contribution is 2.26. The number of nitrogens with zero attached hydrogens (tertiary/aromatic N) is 1. The Morgan fingerprint density at radius 2 is 2.00 bits per heavy atom. The van der Waals surface area contributed by atoms with Crippen LogP contribution in [0.2, 0.25) is 0 Å². The van der Waals surface area contributed by atoms with E-state index in [0.29, 0.717) is 5.56 Å². The molecule has 0 radical (unpaired) electrons. The Morgan fingerprint density at radius 3 is 2.59 bits per heavy atom. The molecule has 3 nitrogen and oxygen atoms in total. The van der Waals surface area contributed by atoms with Crippen LogP contribution in [0.4, 0.5) is 13.2 Å². The Labute approximate surface area is 125 Å². The van der Waals surface area contributed by atoms with E-state index in [4.69, 9.17) is 4.74 Å². The third-order valence-corrected chi connectivity index (χ3v) is 2.94. The van der Waals surface area contributed by atoms with Gasteiger partial charge >= 0.3 is 0 Å². The van der Waals surface area contributed by atoms with E-state index in [1.807, 2.05) is 0 Å². The van der Waals surface area contributed by atoms with E-state index >= 15 is 0 Å². The SMILES string of the molecule is CC(=O)C1=NC(c2ccc(F)cc2)=C(OCC(F)F)CC=C1. The van der Waals surface area contributed by atoms with Gasteiger partial charge in [0, 0.05) is 18.9 Å². The Morgan fingerprint density at radius 1 is 1.32 bits per heavy atom. The number of alkyl halides is 2. The molecule has 1 heterocycles. The lowest BCUT2D eigenvalue weighted by atomic mass is 10.1. The predicted molar refractivity (Wildman–Crippen MR) is 77.1 cm³/mol. The average molecular weight is 309 g/mol. The molecule has 0 amide bonds. The van der Waals surface area contributed by atoms with Gasteiger partial charge < -0.3 is 4.74 Å². The number of aliphatic imine (C=N–C) groups is 1. The zero-order chi connectivity index (χ0) is 16.1. The van der Waals surface area contributed by atoms with E-state index in [1.54, 1.807) is 6.08 Å². The van der Waals surface area contributed by atoms with Gasteiger partial charge in [-0.25, -0.2) is 18.2 Å². The Hall–Kier alpha value is -2.37. The van der Waals surface area contributed by atoms with E-state index in [0.717, 1.165) is 0 Å². The van der Waals surface area contributed by atoms with E-state index in [2.05, 4.69) is 4.99 Å². The van der Waals surface area contributed by atoms with Crippen molar-refractivity contribution in [1.29, 1.82) is 0 Å². The predicted octanol–water partition coefficient (Wildman–Crippen LogP) is 3.77. The van der Waals surface area contributed by atoms with Gasteiger partial charge in [0.2, 0.25) is 0 Å². The van der Waals surface area contributed by atoms with Crippen molar-refractivity contribution in [2.24, 2.45) is 4.99 Å². The van der Waals surface area contributed by atoms with E-state index in [-0.39, 0.29) is 29.4 Å². The van der Waals surface area contributed by atoms with Crippen molar-refractivity contribution in [3.8, 4) is 0 Å². The maximum atomic E-state index is 13.0. The van der Waals surface area contributed by atoms with Gasteiger partial charge in [0.15, 0.2) is 5.78 Å². The van der Waals surface area contributed by atoms with Crippen molar-refractivity contribution < 1.29 is 22.7 Å². The summed E-state index contributed by atoms with van der Waals surface area (Å²) < 4.78 is 42.9. The molecule has 2 rings (SSSR count). The fraction of sp³-hybridized carbons (Fsp3) is 0.250. The summed E-state index contributed by atoms with van der Waals surface area (Å²) in [4.78, 5) is 15.7. The number of carbonyl (C=O) groups is 1. The number of halogens is 3. The molecule has 6 heteroatoms. The molecule has 0 aromatic heterocycles. The lowest BCUT2D eigenvalue weighted by Gasteiger charge is -2.12. The van der Waals surface area contributed by atoms with Crippen LogP contribution in [0.5, 0.6) is 0 Å². The first-order valence-corrected chi connectivity index (χ1v) is 6.63. The first-order chi connectivity index (χ1) is 10.5. The molecule has 1 aromatic carbocycles. The van der Waals surface area contributed by atoms with Crippen molar-refractivity contribution in [1.82, 2.24) is 0 Å². The number of allylic oxidation sites excluding steroid dienone is 2. The Bertz CT molecular complexity index is 646. The van der Waals surface area contributed by atoms with Crippen LogP contribution in [0.25, 0.3) is 5.70 Å². The fourth-order valence-electron chi connectivity index (χ4n) is 1.91. The van der Waals surface area contributed by atoms with Crippen molar-refractivity contribution in [3.63, 3.8) is 0 Å². The van der Waals surface area contributed by atoms with E-state index in [9.17, 15) is 18.0 Å². The second-order valence-corrected chi connectivity index (χ2v) is 4.64. The van der Waals surface area contributed by atoms with Gasteiger partial charge in [-0.2, -0.15) is 0 Å². The normalized spacial score (nSPS) is 14.9. The van der Waals surface area contributed by atoms with Gasteiger partial charge in [0.1, 0.15) is 29.6 Å². The number of rotatable bonds is 5. The van der Waals surface area contributed by atoms with Crippen LogP contribution < -0.4 is 0 Å². The molecule has 0 saturated carbocycles. The van der Waals surface area contributed by atoms with Gasteiger partial charge in [-0.1, -0.05) is 6.08 Å². The second-order valence-electron chi connectivity index (χ2n) is 4.64. The molecular formula is C16H14F3NO2. The molecule has 0 aliphatic carbocycles. The number of Topliss-reactive ketones (excluding diaryl/α,β-unsaturated/α-hetero) is 1. The molecule has 0 atom stereocenters. The standard InChI is InChI=1S/C16H14F3NO2/c1-10(21)13-3-2-4-14(22-9-15(18)19)16(20-13)11-5-7-12(17)8-6-11/h2-3,5-8,15H,4,9H2,1H3. The number of hydrogen-bond acceptors (Lipinski definition) is 3. The van der Waals surface area contributed by atoms with E-state index in [1.165, 1.54) is 37.3 Å². The number of hydrogen-bond donors (Lipinski definition) is 0.